The molecular formula is C19H23NO5S. The van der Waals surface area contributed by atoms with E-state index in [1.807, 2.05) is 0 Å². The lowest BCUT2D eigenvalue weighted by molar-refractivity contribution is 0.0521. The number of hydrogen-bond donors (Lipinski definition) is 0. The van der Waals surface area contributed by atoms with Crippen molar-refractivity contribution in [3.05, 3.63) is 30.0 Å². The molecule has 3 rings (SSSR count). The van der Waals surface area contributed by atoms with E-state index in [9.17, 15) is 13.2 Å². The van der Waals surface area contributed by atoms with Gasteiger partial charge in [0.2, 0.25) is 0 Å². The van der Waals surface area contributed by atoms with E-state index in [1.54, 1.807) is 25.1 Å². The van der Waals surface area contributed by atoms with Crippen LogP contribution in [0.5, 0.6) is 5.75 Å². The van der Waals surface area contributed by atoms with Crippen LogP contribution in [0.4, 0.5) is 0 Å². The van der Waals surface area contributed by atoms with Crippen molar-refractivity contribution in [1.29, 1.82) is 0 Å². The van der Waals surface area contributed by atoms with Gasteiger partial charge in [-0.3, -0.25) is 4.98 Å². The van der Waals surface area contributed by atoms with Crippen LogP contribution >= 0.6 is 0 Å². The number of carbonyl (C=O) groups is 1. The van der Waals surface area contributed by atoms with Gasteiger partial charge in [0.05, 0.1) is 29.4 Å². The maximum Gasteiger partial charge on any atom is 0.341 e. The Hall–Kier alpha value is -2.15. The zero-order valence-corrected chi connectivity index (χ0v) is 15.8. The van der Waals surface area contributed by atoms with Gasteiger partial charge < -0.3 is 9.47 Å². The number of para-hydroxylation sites is 1. The normalized spacial score (nSPS) is 15.8. The van der Waals surface area contributed by atoms with Gasteiger partial charge in [0.1, 0.15) is 11.3 Å². The van der Waals surface area contributed by atoms with Crippen molar-refractivity contribution in [3.63, 3.8) is 0 Å². The van der Waals surface area contributed by atoms with Crippen LogP contribution in [0.15, 0.2) is 29.3 Å². The highest BCUT2D eigenvalue weighted by molar-refractivity contribution is 7.92. The van der Waals surface area contributed by atoms with Crippen LogP contribution in [0.3, 0.4) is 0 Å². The summed E-state index contributed by atoms with van der Waals surface area (Å²) in [6.07, 6.45) is 5.31. The van der Waals surface area contributed by atoms with Gasteiger partial charge in [-0.1, -0.05) is 31.4 Å². The molecule has 26 heavy (non-hydrogen) atoms. The molecule has 1 aliphatic rings. The zero-order valence-electron chi connectivity index (χ0n) is 15.0. The van der Waals surface area contributed by atoms with E-state index in [0.29, 0.717) is 29.5 Å². The van der Waals surface area contributed by atoms with Crippen LogP contribution in [0, 0.1) is 0 Å². The number of sulfone groups is 1. The van der Waals surface area contributed by atoms with Crippen molar-refractivity contribution >= 4 is 26.7 Å². The minimum Gasteiger partial charge on any atom is -0.494 e. The second-order valence-electron chi connectivity index (χ2n) is 6.38. The van der Waals surface area contributed by atoms with E-state index in [0.717, 1.165) is 19.3 Å². The molecule has 140 valence electrons. The number of pyridine rings is 1. The van der Waals surface area contributed by atoms with Crippen molar-refractivity contribution in [1.82, 2.24) is 4.98 Å². The van der Waals surface area contributed by atoms with Crippen molar-refractivity contribution in [2.75, 3.05) is 13.7 Å². The fourth-order valence-electron chi connectivity index (χ4n) is 3.54. The number of aromatic nitrogens is 1. The van der Waals surface area contributed by atoms with E-state index in [4.69, 9.17) is 9.47 Å². The Bertz CT molecular complexity index is 917. The second-order valence-corrected chi connectivity index (χ2v) is 8.55. The number of carbonyl (C=O) groups excluding carboxylic acids is 1. The van der Waals surface area contributed by atoms with Gasteiger partial charge in [0.15, 0.2) is 9.84 Å². The summed E-state index contributed by atoms with van der Waals surface area (Å²) in [7, 11) is -2.20. The average Bonchev–Trinajstić information content (AvgIpc) is 2.67. The molecule has 0 unspecified atom stereocenters. The Kier molecular flexibility index (Phi) is 5.46. The average molecular weight is 377 g/mol. The third kappa shape index (κ3) is 3.28. The van der Waals surface area contributed by atoms with Gasteiger partial charge in [-0.2, -0.15) is 0 Å². The van der Waals surface area contributed by atoms with Crippen molar-refractivity contribution in [3.8, 4) is 5.75 Å². The number of nitrogens with zero attached hydrogens (tertiary/aromatic N) is 1. The molecule has 1 heterocycles. The molecule has 7 heteroatoms. The van der Waals surface area contributed by atoms with Crippen LogP contribution in [0.25, 0.3) is 10.9 Å². The fourth-order valence-corrected chi connectivity index (χ4v) is 5.74. The van der Waals surface area contributed by atoms with Gasteiger partial charge in [-0.05, 0) is 25.8 Å². The molecule has 0 bridgehead atoms. The van der Waals surface area contributed by atoms with Crippen LogP contribution in [-0.2, 0) is 14.6 Å². The monoisotopic (exact) mass is 377 g/mol. The first kappa shape index (κ1) is 18.6. The lowest BCUT2D eigenvalue weighted by Gasteiger charge is -2.23. The Morgan fingerprint density at radius 2 is 1.96 bits per heavy atom. The first-order valence-corrected chi connectivity index (χ1v) is 10.4. The molecule has 1 aliphatic carbocycles. The lowest BCUT2D eigenvalue weighted by atomic mass is 10.0. The van der Waals surface area contributed by atoms with Crippen molar-refractivity contribution < 1.29 is 22.7 Å². The van der Waals surface area contributed by atoms with Crippen LogP contribution in [-0.4, -0.2) is 38.3 Å². The summed E-state index contributed by atoms with van der Waals surface area (Å²) >= 11 is 0. The summed E-state index contributed by atoms with van der Waals surface area (Å²) in [5, 5.41) is -0.0818. The largest absolute Gasteiger partial charge is 0.494 e. The molecule has 0 atom stereocenters. The van der Waals surface area contributed by atoms with Gasteiger partial charge in [-0.15, -0.1) is 0 Å². The summed E-state index contributed by atoms with van der Waals surface area (Å²) < 4.78 is 37.3. The van der Waals surface area contributed by atoms with Crippen molar-refractivity contribution in [2.45, 2.75) is 49.2 Å². The maximum atomic E-state index is 13.5. The Labute approximate surface area is 153 Å². The van der Waals surface area contributed by atoms with Crippen molar-refractivity contribution in [2.24, 2.45) is 0 Å². The van der Waals surface area contributed by atoms with Crippen LogP contribution < -0.4 is 4.74 Å². The molecule has 6 nitrogen and oxygen atoms in total. The molecule has 0 aliphatic heterocycles. The fraction of sp³-hybridized carbons (Fsp3) is 0.474. The zero-order chi connectivity index (χ0) is 18.7. The molecule has 0 N–H and O–H groups in total. The van der Waals surface area contributed by atoms with E-state index in [-0.39, 0.29) is 17.1 Å². The van der Waals surface area contributed by atoms with E-state index in [2.05, 4.69) is 4.98 Å². The molecule has 1 saturated carbocycles. The summed E-state index contributed by atoms with van der Waals surface area (Å²) in [5.41, 5.74) is 0.426. The molecule has 1 aromatic carbocycles. The highest BCUT2D eigenvalue weighted by atomic mass is 32.2. The Balaban J connectivity index is 2.28. The Morgan fingerprint density at radius 1 is 1.23 bits per heavy atom. The van der Waals surface area contributed by atoms with Gasteiger partial charge in [0, 0.05) is 11.6 Å². The standard InChI is InChI=1S/C19H23NO5S/c1-3-25-19(21)15-12-20-17-14(10-7-11-16(17)24-2)18(15)26(22,23)13-8-5-4-6-9-13/h7,10-13H,3-6,8-9H2,1-2H3. The topological polar surface area (TPSA) is 82.6 Å². The number of fused-ring (bicyclic) bond motifs is 1. The maximum absolute atomic E-state index is 13.5. The summed E-state index contributed by atoms with van der Waals surface area (Å²) in [6, 6.07) is 5.09. The van der Waals surface area contributed by atoms with Gasteiger partial charge in [0.25, 0.3) is 0 Å². The van der Waals surface area contributed by atoms with E-state index in [1.165, 1.54) is 13.3 Å². The highest BCUT2D eigenvalue weighted by Gasteiger charge is 2.35. The third-order valence-electron chi connectivity index (χ3n) is 4.80. The molecule has 2 aromatic rings. The number of benzene rings is 1. The SMILES string of the molecule is CCOC(=O)c1cnc2c(OC)cccc2c1S(=O)(=O)C1CCCCC1. The molecule has 1 aromatic heterocycles. The summed E-state index contributed by atoms with van der Waals surface area (Å²) in [6.45, 7) is 1.85. The minimum absolute atomic E-state index is 0.00169. The predicted molar refractivity (Wildman–Crippen MR) is 98.3 cm³/mol. The molecule has 0 radical (unpaired) electrons. The lowest BCUT2D eigenvalue weighted by Crippen LogP contribution is -2.26. The first-order valence-electron chi connectivity index (χ1n) is 8.87. The van der Waals surface area contributed by atoms with E-state index < -0.39 is 21.1 Å². The highest BCUT2D eigenvalue weighted by Crippen LogP contribution is 2.36. The molecule has 1 fully saturated rings. The quantitative estimate of drug-likeness (QED) is 0.742. The number of ether oxygens (including phenoxy) is 2. The molecular weight excluding hydrogens is 354 g/mol. The summed E-state index contributed by atoms with van der Waals surface area (Å²) in [5.74, 6) is -0.197. The van der Waals surface area contributed by atoms with E-state index >= 15 is 0 Å². The smallest absolute Gasteiger partial charge is 0.341 e. The minimum atomic E-state index is -3.70. The van der Waals surface area contributed by atoms with Gasteiger partial charge in [-0.25, -0.2) is 13.2 Å². The van der Waals surface area contributed by atoms with Crippen LogP contribution in [0.2, 0.25) is 0 Å². The number of esters is 1. The number of hydrogen-bond acceptors (Lipinski definition) is 6. The first-order chi connectivity index (χ1) is 12.5. The van der Waals surface area contributed by atoms with Gasteiger partial charge >= 0.3 is 5.97 Å². The second kappa shape index (κ2) is 7.61. The third-order valence-corrected chi connectivity index (χ3v) is 7.16. The molecule has 0 saturated heterocycles. The number of methoxy groups -OCH3 is 1. The molecule has 0 spiro atoms. The predicted octanol–water partition coefficient (Wildman–Crippen LogP) is 3.53. The summed E-state index contributed by atoms with van der Waals surface area (Å²) in [4.78, 5) is 16.7. The number of rotatable bonds is 5. The molecule has 0 amide bonds. The van der Waals surface area contributed by atoms with Crippen LogP contribution in [0.1, 0.15) is 49.4 Å². The Morgan fingerprint density at radius 3 is 2.62 bits per heavy atom.